The van der Waals surface area contributed by atoms with Gasteiger partial charge in [-0.1, -0.05) is 15.9 Å². The Morgan fingerprint density at radius 3 is 2.65 bits per heavy atom. The molecule has 0 spiro atoms. The Morgan fingerprint density at radius 2 is 2.05 bits per heavy atom. The number of carbonyl (C=O) groups is 2. The summed E-state index contributed by atoms with van der Waals surface area (Å²) in [5.74, 6) is -0.00161. The lowest BCUT2D eigenvalue weighted by Gasteiger charge is -2.14. The summed E-state index contributed by atoms with van der Waals surface area (Å²) in [7, 11) is 0. The van der Waals surface area contributed by atoms with E-state index in [9.17, 15) is 9.59 Å². The Morgan fingerprint density at radius 1 is 1.35 bits per heavy atom. The number of rotatable bonds is 6. The van der Waals surface area contributed by atoms with E-state index in [4.69, 9.17) is 4.74 Å². The van der Waals surface area contributed by atoms with Crippen LogP contribution in [0.2, 0.25) is 0 Å². The van der Waals surface area contributed by atoms with E-state index in [1.54, 1.807) is 13.0 Å². The van der Waals surface area contributed by atoms with Crippen molar-refractivity contribution in [2.24, 2.45) is 0 Å². The maximum Gasteiger partial charge on any atom is 0.258 e. The van der Waals surface area contributed by atoms with Gasteiger partial charge in [-0.2, -0.15) is 0 Å². The molecule has 0 heterocycles. The lowest BCUT2D eigenvalue weighted by atomic mass is 10.3. The summed E-state index contributed by atoms with van der Waals surface area (Å²) in [5.41, 5.74) is 0. The largest absolute Gasteiger partial charge is 0.483 e. The van der Waals surface area contributed by atoms with E-state index in [0.29, 0.717) is 12.3 Å². The van der Waals surface area contributed by atoms with E-state index in [1.807, 2.05) is 19.1 Å². The van der Waals surface area contributed by atoms with Crippen molar-refractivity contribution in [3.63, 3.8) is 0 Å². The van der Waals surface area contributed by atoms with Gasteiger partial charge in [0.1, 0.15) is 11.8 Å². The third kappa shape index (κ3) is 5.50. The predicted octanol–water partition coefficient (Wildman–Crippen LogP) is 2.23. The summed E-state index contributed by atoms with van der Waals surface area (Å²) in [6.45, 7) is 3.82. The Labute approximate surface area is 134 Å². The van der Waals surface area contributed by atoms with Crippen molar-refractivity contribution in [2.75, 3.05) is 13.2 Å². The van der Waals surface area contributed by atoms with E-state index in [2.05, 4.69) is 42.5 Å². The number of benzene rings is 1. The van der Waals surface area contributed by atoms with Gasteiger partial charge < -0.3 is 15.4 Å². The number of nitrogens with one attached hydrogen (secondary N) is 2. The van der Waals surface area contributed by atoms with Crippen molar-refractivity contribution < 1.29 is 14.3 Å². The standard InChI is InChI=1S/C13H16Br2N2O3/c1-3-16-13(19)8(2)17-12(18)7-20-11-5-4-9(14)6-10(11)15/h4-6,8H,3,7H2,1-2H3,(H,16,19)(H,17,18). The van der Waals surface area contributed by atoms with Gasteiger partial charge in [-0.05, 0) is 48.0 Å². The number of likely N-dealkylation sites (N-methyl/N-ethyl adjacent to an activating group) is 1. The summed E-state index contributed by atoms with van der Waals surface area (Å²) >= 11 is 6.67. The molecule has 1 aromatic carbocycles. The van der Waals surface area contributed by atoms with Gasteiger partial charge in [-0.25, -0.2) is 0 Å². The summed E-state index contributed by atoms with van der Waals surface area (Å²) < 4.78 is 7.04. The van der Waals surface area contributed by atoms with Gasteiger partial charge in [-0.15, -0.1) is 0 Å². The van der Waals surface area contributed by atoms with Crippen LogP contribution in [0.15, 0.2) is 27.1 Å². The molecule has 0 aliphatic rings. The molecule has 1 unspecified atom stereocenters. The average molecular weight is 408 g/mol. The first-order valence-electron chi connectivity index (χ1n) is 6.09. The lowest BCUT2D eigenvalue weighted by molar-refractivity contribution is -0.129. The highest BCUT2D eigenvalue weighted by Crippen LogP contribution is 2.27. The highest BCUT2D eigenvalue weighted by atomic mass is 79.9. The maximum atomic E-state index is 11.7. The quantitative estimate of drug-likeness (QED) is 0.759. The van der Waals surface area contributed by atoms with E-state index in [0.717, 1.165) is 8.95 Å². The lowest BCUT2D eigenvalue weighted by Crippen LogP contribution is -2.46. The number of carbonyl (C=O) groups excluding carboxylic acids is 2. The summed E-state index contributed by atoms with van der Waals surface area (Å²) in [6.07, 6.45) is 0. The molecule has 2 amide bonds. The van der Waals surface area contributed by atoms with Crippen molar-refractivity contribution in [2.45, 2.75) is 19.9 Å². The molecule has 1 atom stereocenters. The number of amides is 2. The SMILES string of the molecule is CCNC(=O)C(C)NC(=O)COc1ccc(Br)cc1Br. The van der Waals surface area contributed by atoms with Gasteiger partial charge in [-0.3, -0.25) is 9.59 Å². The first kappa shape index (κ1) is 17.0. The van der Waals surface area contributed by atoms with Crippen LogP contribution in [0.25, 0.3) is 0 Å². The molecule has 0 radical (unpaired) electrons. The molecule has 0 aliphatic carbocycles. The van der Waals surface area contributed by atoms with Crippen LogP contribution in [0, 0.1) is 0 Å². The summed E-state index contributed by atoms with van der Waals surface area (Å²) in [5, 5.41) is 5.20. The van der Waals surface area contributed by atoms with Gasteiger partial charge >= 0.3 is 0 Å². The van der Waals surface area contributed by atoms with Crippen LogP contribution in [-0.4, -0.2) is 31.0 Å². The number of hydrogen-bond acceptors (Lipinski definition) is 3. The fourth-order valence-electron chi connectivity index (χ4n) is 1.41. The number of halogens is 2. The zero-order valence-corrected chi connectivity index (χ0v) is 14.4. The molecule has 2 N–H and O–H groups in total. The second-order valence-corrected chi connectivity index (χ2v) is 5.82. The van der Waals surface area contributed by atoms with Crippen LogP contribution in [-0.2, 0) is 9.59 Å². The summed E-state index contributed by atoms with van der Waals surface area (Å²) in [4.78, 5) is 23.1. The molecule has 0 aliphatic heterocycles. The van der Waals surface area contributed by atoms with E-state index < -0.39 is 6.04 Å². The zero-order chi connectivity index (χ0) is 15.1. The van der Waals surface area contributed by atoms with Crippen molar-refractivity contribution in [1.29, 1.82) is 0 Å². The minimum atomic E-state index is -0.584. The van der Waals surface area contributed by atoms with E-state index in [1.165, 1.54) is 0 Å². The monoisotopic (exact) mass is 406 g/mol. The van der Waals surface area contributed by atoms with Gasteiger partial charge in [0.25, 0.3) is 5.91 Å². The molecule has 0 fully saturated rings. The molecule has 0 bridgehead atoms. The van der Waals surface area contributed by atoms with Gasteiger partial charge in [0.2, 0.25) is 5.91 Å². The number of ether oxygens (including phenoxy) is 1. The Hall–Kier alpha value is -1.08. The van der Waals surface area contributed by atoms with Crippen molar-refractivity contribution >= 4 is 43.7 Å². The van der Waals surface area contributed by atoms with Crippen LogP contribution in [0.5, 0.6) is 5.75 Å². The zero-order valence-electron chi connectivity index (χ0n) is 11.2. The van der Waals surface area contributed by atoms with Gasteiger partial charge in [0.05, 0.1) is 4.47 Å². The minimum absolute atomic E-state index is 0.149. The summed E-state index contributed by atoms with van der Waals surface area (Å²) in [6, 6.07) is 4.80. The van der Waals surface area contributed by atoms with Crippen LogP contribution >= 0.6 is 31.9 Å². The van der Waals surface area contributed by atoms with Crippen molar-refractivity contribution in [1.82, 2.24) is 10.6 Å². The molecule has 110 valence electrons. The van der Waals surface area contributed by atoms with Crippen molar-refractivity contribution in [3.05, 3.63) is 27.1 Å². The Bertz CT molecular complexity index is 495. The minimum Gasteiger partial charge on any atom is -0.483 e. The van der Waals surface area contributed by atoms with Crippen LogP contribution in [0.1, 0.15) is 13.8 Å². The highest BCUT2D eigenvalue weighted by Gasteiger charge is 2.15. The molecule has 5 nitrogen and oxygen atoms in total. The molecule has 0 aromatic heterocycles. The maximum absolute atomic E-state index is 11.7. The predicted molar refractivity (Wildman–Crippen MR) is 83.6 cm³/mol. The van der Waals surface area contributed by atoms with Crippen LogP contribution < -0.4 is 15.4 Å². The molecular formula is C13H16Br2N2O3. The first-order valence-corrected chi connectivity index (χ1v) is 7.67. The van der Waals surface area contributed by atoms with Crippen LogP contribution in [0.3, 0.4) is 0 Å². The smallest absolute Gasteiger partial charge is 0.258 e. The van der Waals surface area contributed by atoms with Gasteiger partial charge in [0.15, 0.2) is 6.61 Å². The molecule has 1 rings (SSSR count). The third-order valence-electron chi connectivity index (χ3n) is 2.37. The van der Waals surface area contributed by atoms with E-state index in [-0.39, 0.29) is 18.4 Å². The topological polar surface area (TPSA) is 67.4 Å². The average Bonchev–Trinajstić information content (AvgIpc) is 2.37. The Kier molecular flexibility index (Phi) is 7.01. The second kappa shape index (κ2) is 8.26. The molecule has 0 saturated heterocycles. The molecule has 7 heteroatoms. The highest BCUT2D eigenvalue weighted by molar-refractivity contribution is 9.11. The van der Waals surface area contributed by atoms with E-state index >= 15 is 0 Å². The fourth-order valence-corrected chi connectivity index (χ4v) is 2.57. The molecule has 0 saturated carbocycles. The number of hydrogen-bond donors (Lipinski definition) is 2. The van der Waals surface area contributed by atoms with Crippen LogP contribution in [0.4, 0.5) is 0 Å². The molecule has 20 heavy (non-hydrogen) atoms. The van der Waals surface area contributed by atoms with Gasteiger partial charge in [0, 0.05) is 11.0 Å². The fraction of sp³-hybridized carbons (Fsp3) is 0.385. The second-order valence-electron chi connectivity index (χ2n) is 4.05. The molecule has 1 aromatic rings. The molecular weight excluding hydrogens is 392 g/mol. The normalized spacial score (nSPS) is 11.6. The van der Waals surface area contributed by atoms with Crippen molar-refractivity contribution in [3.8, 4) is 5.75 Å². The third-order valence-corrected chi connectivity index (χ3v) is 3.49. The first-order chi connectivity index (χ1) is 9.43. The Balaban J connectivity index is 2.45.